The van der Waals surface area contributed by atoms with Crippen LogP contribution < -0.4 is 0 Å². The van der Waals surface area contributed by atoms with Gasteiger partial charge in [0.15, 0.2) is 0 Å². The first-order valence-corrected chi connectivity index (χ1v) is 5.72. The van der Waals surface area contributed by atoms with Gasteiger partial charge in [-0.2, -0.15) is 11.8 Å². The highest BCUT2D eigenvalue weighted by Gasteiger charge is 1.95. The monoisotopic (exact) mass is 190 g/mol. The van der Waals surface area contributed by atoms with E-state index in [-0.39, 0.29) is 0 Å². The summed E-state index contributed by atoms with van der Waals surface area (Å²) in [5.74, 6) is 1.67. The van der Waals surface area contributed by atoms with Crippen molar-refractivity contribution >= 4 is 17.7 Å². The SMILES string of the molecule is CCCCSCCCCC(=O)O. The number of carboxylic acid groups (broad SMARTS) is 1. The number of hydrogen-bond donors (Lipinski definition) is 1. The molecule has 3 heteroatoms. The molecule has 12 heavy (non-hydrogen) atoms. The van der Waals surface area contributed by atoms with Crippen molar-refractivity contribution in [2.75, 3.05) is 11.5 Å². The van der Waals surface area contributed by atoms with Crippen molar-refractivity contribution in [3.63, 3.8) is 0 Å². The molecule has 0 aliphatic rings. The van der Waals surface area contributed by atoms with E-state index >= 15 is 0 Å². The third-order valence-corrected chi connectivity index (χ3v) is 2.73. The molecule has 0 heterocycles. The first-order chi connectivity index (χ1) is 5.77. The van der Waals surface area contributed by atoms with Crippen LogP contribution in [0, 0.1) is 0 Å². The number of unbranched alkanes of at least 4 members (excludes halogenated alkanes) is 2. The Morgan fingerprint density at radius 3 is 2.50 bits per heavy atom. The molecule has 1 N–H and O–H groups in total. The topological polar surface area (TPSA) is 37.3 Å². The minimum Gasteiger partial charge on any atom is -0.481 e. The molecule has 0 atom stereocenters. The molecule has 0 amide bonds. The zero-order valence-corrected chi connectivity index (χ0v) is 8.53. The minimum atomic E-state index is -0.673. The molecule has 72 valence electrons. The normalized spacial score (nSPS) is 10.1. The van der Waals surface area contributed by atoms with Crippen LogP contribution in [0.15, 0.2) is 0 Å². The van der Waals surface area contributed by atoms with Crippen molar-refractivity contribution in [3.05, 3.63) is 0 Å². The summed E-state index contributed by atoms with van der Waals surface area (Å²) in [7, 11) is 0. The van der Waals surface area contributed by atoms with E-state index in [1.165, 1.54) is 18.6 Å². The maximum Gasteiger partial charge on any atom is 0.303 e. The molecule has 0 aromatic rings. The summed E-state index contributed by atoms with van der Waals surface area (Å²) in [6, 6.07) is 0. The standard InChI is InChI=1S/C9H18O2S/c1-2-3-7-12-8-5-4-6-9(10)11/h2-8H2,1H3,(H,10,11). The van der Waals surface area contributed by atoms with Crippen LogP contribution in [0.25, 0.3) is 0 Å². The molecule has 2 nitrogen and oxygen atoms in total. The predicted molar refractivity (Wildman–Crippen MR) is 53.7 cm³/mol. The molecule has 0 bridgehead atoms. The van der Waals surface area contributed by atoms with Crippen LogP contribution >= 0.6 is 11.8 Å². The maximum absolute atomic E-state index is 10.1. The van der Waals surface area contributed by atoms with Crippen molar-refractivity contribution in [2.45, 2.75) is 39.0 Å². The Kier molecular flexibility index (Phi) is 8.78. The van der Waals surface area contributed by atoms with E-state index in [1.54, 1.807) is 0 Å². The number of thioether (sulfide) groups is 1. The zero-order chi connectivity index (χ0) is 9.23. The Balaban J connectivity index is 2.86. The second-order valence-corrected chi connectivity index (χ2v) is 4.04. The third kappa shape index (κ3) is 9.82. The molecule has 0 aliphatic carbocycles. The highest BCUT2D eigenvalue weighted by Crippen LogP contribution is 2.08. The third-order valence-electron chi connectivity index (χ3n) is 1.57. The predicted octanol–water partition coefficient (Wildman–Crippen LogP) is 2.77. The van der Waals surface area contributed by atoms with Crippen molar-refractivity contribution in [3.8, 4) is 0 Å². The number of carboxylic acids is 1. The fourth-order valence-electron chi connectivity index (χ4n) is 0.829. The van der Waals surface area contributed by atoms with E-state index in [1.807, 2.05) is 11.8 Å². The largest absolute Gasteiger partial charge is 0.481 e. The maximum atomic E-state index is 10.1. The lowest BCUT2D eigenvalue weighted by Gasteiger charge is -1.98. The summed E-state index contributed by atoms with van der Waals surface area (Å²) < 4.78 is 0. The Morgan fingerprint density at radius 1 is 1.25 bits per heavy atom. The van der Waals surface area contributed by atoms with E-state index in [2.05, 4.69) is 6.92 Å². The first-order valence-electron chi connectivity index (χ1n) is 4.57. The smallest absolute Gasteiger partial charge is 0.303 e. The van der Waals surface area contributed by atoms with E-state index in [9.17, 15) is 4.79 Å². The molecule has 0 saturated carbocycles. The van der Waals surface area contributed by atoms with Gasteiger partial charge in [0, 0.05) is 6.42 Å². The zero-order valence-electron chi connectivity index (χ0n) is 7.71. The Morgan fingerprint density at radius 2 is 1.92 bits per heavy atom. The Hall–Kier alpha value is -0.180. The van der Waals surface area contributed by atoms with Gasteiger partial charge >= 0.3 is 5.97 Å². The Labute approximate surface area is 78.7 Å². The second kappa shape index (κ2) is 8.91. The van der Waals surface area contributed by atoms with Crippen LogP contribution in [0.2, 0.25) is 0 Å². The van der Waals surface area contributed by atoms with Gasteiger partial charge in [0.2, 0.25) is 0 Å². The molecular formula is C9H18O2S. The summed E-state index contributed by atoms with van der Waals surface area (Å²) >= 11 is 1.94. The van der Waals surface area contributed by atoms with Crippen molar-refractivity contribution in [2.24, 2.45) is 0 Å². The Bertz CT molecular complexity index is 115. The lowest BCUT2D eigenvalue weighted by atomic mass is 10.3. The number of aliphatic carboxylic acids is 1. The van der Waals surface area contributed by atoms with E-state index in [4.69, 9.17) is 5.11 Å². The van der Waals surface area contributed by atoms with Crippen LogP contribution in [-0.2, 0) is 4.79 Å². The van der Waals surface area contributed by atoms with E-state index in [0.717, 1.165) is 18.6 Å². The second-order valence-electron chi connectivity index (χ2n) is 2.82. The van der Waals surface area contributed by atoms with Crippen LogP contribution in [0.1, 0.15) is 39.0 Å². The number of rotatable bonds is 8. The van der Waals surface area contributed by atoms with Crippen molar-refractivity contribution in [1.82, 2.24) is 0 Å². The van der Waals surface area contributed by atoms with Gasteiger partial charge in [-0.05, 0) is 30.8 Å². The summed E-state index contributed by atoms with van der Waals surface area (Å²) in [6.45, 7) is 2.19. The molecule has 0 rings (SSSR count). The average Bonchev–Trinajstić information content (AvgIpc) is 2.02. The molecular weight excluding hydrogens is 172 g/mol. The van der Waals surface area contributed by atoms with Gasteiger partial charge in [-0.15, -0.1) is 0 Å². The van der Waals surface area contributed by atoms with Gasteiger partial charge in [-0.25, -0.2) is 0 Å². The molecule has 0 radical (unpaired) electrons. The first kappa shape index (κ1) is 11.8. The van der Waals surface area contributed by atoms with E-state index < -0.39 is 5.97 Å². The molecule has 0 aromatic carbocycles. The van der Waals surface area contributed by atoms with Crippen LogP contribution in [0.3, 0.4) is 0 Å². The molecule has 0 fully saturated rings. The summed E-state index contributed by atoms with van der Waals surface area (Å²) in [6.07, 6.45) is 4.73. The van der Waals surface area contributed by atoms with Crippen molar-refractivity contribution in [1.29, 1.82) is 0 Å². The number of hydrogen-bond acceptors (Lipinski definition) is 2. The highest BCUT2D eigenvalue weighted by molar-refractivity contribution is 7.99. The van der Waals surface area contributed by atoms with Crippen LogP contribution in [0.5, 0.6) is 0 Å². The van der Waals surface area contributed by atoms with Gasteiger partial charge in [0.25, 0.3) is 0 Å². The minimum absolute atomic E-state index is 0.328. The summed E-state index contributed by atoms with van der Waals surface area (Å²) in [5.41, 5.74) is 0. The van der Waals surface area contributed by atoms with Gasteiger partial charge in [0.05, 0.1) is 0 Å². The fraction of sp³-hybridized carbons (Fsp3) is 0.889. The lowest BCUT2D eigenvalue weighted by Crippen LogP contribution is -1.94. The van der Waals surface area contributed by atoms with Crippen LogP contribution in [0.4, 0.5) is 0 Å². The molecule has 0 unspecified atom stereocenters. The van der Waals surface area contributed by atoms with Gasteiger partial charge in [0.1, 0.15) is 0 Å². The lowest BCUT2D eigenvalue weighted by molar-refractivity contribution is -0.137. The van der Waals surface area contributed by atoms with Gasteiger partial charge in [-0.3, -0.25) is 4.79 Å². The highest BCUT2D eigenvalue weighted by atomic mass is 32.2. The molecule has 0 aromatic heterocycles. The van der Waals surface area contributed by atoms with Crippen molar-refractivity contribution < 1.29 is 9.90 Å². The molecule has 0 saturated heterocycles. The van der Waals surface area contributed by atoms with Gasteiger partial charge < -0.3 is 5.11 Å². The summed E-state index contributed by atoms with van der Waals surface area (Å²) in [4.78, 5) is 10.1. The quantitative estimate of drug-likeness (QED) is 0.598. The van der Waals surface area contributed by atoms with Gasteiger partial charge in [-0.1, -0.05) is 13.3 Å². The fourth-order valence-corrected chi connectivity index (χ4v) is 1.93. The van der Waals surface area contributed by atoms with Crippen LogP contribution in [-0.4, -0.2) is 22.6 Å². The summed E-state index contributed by atoms with van der Waals surface area (Å²) in [5, 5.41) is 8.35. The number of carbonyl (C=O) groups is 1. The molecule has 0 aliphatic heterocycles. The average molecular weight is 190 g/mol. The molecule has 0 spiro atoms. The van der Waals surface area contributed by atoms with E-state index in [0.29, 0.717) is 6.42 Å².